The van der Waals surface area contributed by atoms with Gasteiger partial charge in [-0.3, -0.25) is 4.79 Å². The zero-order valence-corrected chi connectivity index (χ0v) is 15.2. The Morgan fingerprint density at radius 1 is 1.11 bits per heavy atom. The number of ether oxygens (including phenoxy) is 2. The molecule has 27 heavy (non-hydrogen) atoms. The standard InChI is InChI=1S/C21H20N2O4/c1-3-26-19-10-8-15(9-11-19)12-17(14-22)20(24)23-18-7-5-6-16(13-18)21(25)27-4-2/h5-13H,3-4H2,1-2H3,(H,23,24)/b17-12+. The topological polar surface area (TPSA) is 88.4 Å². The van der Waals surface area contributed by atoms with E-state index in [0.29, 0.717) is 29.2 Å². The SMILES string of the molecule is CCOC(=O)c1cccc(NC(=O)/C(C#N)=C/c2ccc(OCC)cc2)c1. The number of esters is 1. The lowest BCUT2D eigenvalue weighted by Crippen LogP contribution is -2.14. The number of hydrogen-bond acceptors (Lipinski definition) is 5. The molecule has 138 valence electrons. The lowest BCUT2D eigenvalue weighted by atomic mass is 10.1. The van der Waals surface area contributed by atoms with E-state index in [1.165, 1.54) is 12.1 Å². The Balaban J connectivity index is 2.14. The van der Waals surface area contributed by atoms with Crippen molar-refractivity contribution in [1.82, 2.24) is 0 Å². The molecule has 1 amide bonds. The third-order valence-electron chi connectivity index (χ3n) is 3.50. The molecule has 0 saturated carbocycles. The maximum Gasteiger partial charge on any atom is 0.338 e. The van der Waals surface area contributed by atoms with Crippen LogP contribution in [-0.4, -0.2) is 25.1 Å². The van der Waals surface area contributed by atoms with Crippen molar-refractivity contribution in [3.8, 4) is 11.8 Å². The van der Waals surface area contributed by atoms with Crippen molar-refractivity contribution in [1.29, 1.82) is 5.26 Å². The molecule has 0 aliphatic rings. The zero-order valence-electron chi connectivity index (χ0n) is 15.2. The molecule has 0 aromatic heterocycles. The Morgan fingerprint density at radius 2 is 1.85 bits per heavy atom. The van der Waals surface area contributed by atoms with Gasteiger partial charge in [0.05, 0.1) is 18.8 Å². The molecule has 0 fully saturated rings. The second kappa shape index (κ2) is 9.78. The summed E-state index contributed by atoms with van der Waals surface area (Å²) in [5.74, 6) is -0.320. The maximum absolute atomic E-state index is 12.4. The summed E-state index contributed by atoms with van der Waals surface area (Å²) in [4.78, 5) is 24.2. The van der Waals surface area contributed by atoms with Crippen LogP contribution in [0.4, 0.5) is 5.69 Å². The predicted molar refractivity (Wildman–Crippen MR) is 102 cm³/mol. The fourth-order valence-electron chi connectivity index (χ4n) is 2.28. The lowest BCUT2D eigenvalue weighted by molar-refractivity contribution is -0.112. The van der Waals surface area contributed by atoms with Gasteiger partial charge in [0.25, 0.3) is 5.91 Å². The Bertz CT molecular complexity index is 880. The fourth-order valence-corrected chi connectivity index (χ4v) is 2.28. The van der Waals surface area contributed by atoms with Gasteiger partial charge in [0, 0.05) is 5.69 Å². The Morgan fingerprint density at radius 3 is 2.48 bits per heavy atom. The second-order valence-corrected chi connectivity index (χ2v) is 5.43. The van der Waals surface area contributed by atoms with E-state index >= 15 is 0 Å². The number of rotatable bonds is 7. The molecule has 0 heterocycles. The third kappa shape index (κ3) is 5.72. The number of amides is 1. The Labute approximate surface area is 158 Å². The molecule has 0 saturated heterocycles. The van der Waals surface area contributed by atoms with Gasteiger partial charge >= 0.3 is 5.97 Å². The van der Waals surface area contributed by atoms with Gasteiger partial charge in [-0.2, -0.15) is 5.26 Å². The fraction of sp³-hybridized carbons (Fsp3) is 0.190. The molecular formula is C21H20N2O4. The summed E-state index contributed by atoms with van der Waals surface area (Å²) in [7, 11) is 0. The summed E-state index contributed by atoms with van der Waals surface area (Å²) in [5, 5.41) is 11.9. The molecule has 2 aromatic rings. The minimum absolute atomic E-state index is 0.0549. The highest BCUT2D eigenvalue weighted by atomic mass is 16.5. The van der Waals surface area contributed by atoms with Gasteiger partial charge in [-0.15, -0.1) is 0 Å². The largest absolute Gasteiger partial charge is 0.494 e. The Kier molecular flexibility index (Phi) is 7.15. The molecule has 6 heteroatoms. The van der Waals surface area contributed by atoms with Gasteiger partial charge in [-0.1, -0.05) is 18.2 Å². The van der Waals surface area contributed by atoms with Crippen LogP contribution in [-0.2, 0) is 9.53 Å². The molecule has 2 rings (SSSR count). The quantitative estimate of drug-likeness (QED) is 0.458. The molecule has 0 aliphatic heterocycles. The van der Waals surface area contributed by atoms with E-state index in [-0.39, 0.29) is 12.2 Å². The van der Waals surface area contributed by atoms with Gasteiger partial charge < -0.3 is 14.8 Å². The van der Waals surface area contributed by atoms with Crippen molar-refractivity contribution < 1.29 is 19.1 Å². The second-order valence-electron chi connectivity index (χ2n) is 5.43. The number of carbonyl (C=O) groups is 2. The summed E-state index contributed by atoms with van der Waals surface area (Å²) < 4.78 is 10.3. The number of nitriles is 1. The number of nitrogens with one attached hydrogen (secondary N) is 1. The molecular weight excluding hydrogens is 344 g/mol. The highest BCUT2D eigenvalue weighted by Crippen LogP contribution is 2.16. The van der Waals surface area contributed by atoms with E-state index < -0.39 is 11.9 Å². The average Bonchev–Trinajstić information content (AvgIpc) is 2.68. The molecule has 0 atom stereocenters. The van der Waals surface area contributed by atoms with Gasteiger partial charge in [0.2, 0.25) is 0 Å². The van der Waals surface area contributed by atoms with E-state index in [2.05, 4.69) is 5.32 Å². The lowest BCUT2D eigenvalue weighted by Gasteiger charge is -2.07. The van der Waals surface area contributed by atoms with Crippen molar-refractivity contribution in [3.63, 3.8) is 0 Å². The van der Waals surface area contributed by atoms with Gasteiger partial charge in [-0.05, 0) is 55.8 Å². The van der Waals surface area contributed by atoms with Crippen LogP contribution in [0, 0.1) is 11.3 Å². The van der Waals surface area contributed by atoms with Crippen LogP contribution in [0.1, 0.15) is 29.8 Å². The molecule has 0 spiro atoms. The van der Waals surface area contributed by atoms with Crippen molar-refractivity contribution in [2.45, 2.75) is 13.8 Å². The minimum atomic E-state index is -0.563. The highest BCUT2D eigenvalue weighted by Gasteiger charge is 2.12. The molecule has 1 N–H and O–H groups in total. The van der Waals surface area contributed by atoms with Gasteiger partial charge in [-0.25, -0.2) is 4.79 Å². The van der Waals surface area contributed by atoms with Gasteiger partial charge in [0.1, 0.15) is 17.4 Å². The number of nitrogens with zero attached hydrogens (tertiary/aromatic N) is 1. The monoisotopic (exact) mass is 364 g/mol. The Hall–Kier alpha value is -3.59. The van der Waals surface area contributed by atoms with E-state index in [9.17, 15) is 14.9 Å². The molecule has 0 radical (unpaired) electrons. The van der Waals surface area contributed by atoms with Crippen molar-refractivity contribution >= 4 is 23.6 Å². The van der Waals surface area contributed by atoms with E-state index in [0.717, 1.165) is 0 Å². The van der Waals surface area contributed by atoms with Crippen LogP contribution in [0.25, 0.3) is 6.08 Å². The van der Waals surface area contributed by atoms with Crippen LogP contribution < -0.4 is 10.1 Å². The predicted octanol–water partition coefficient (Wildman–Crippen LogP) is 3.81. The minimum Gasteiger partial charge on any atom is -0.494 e. The number of carbonyl (C=O) groups excluding carboxylic acids is 2. The smallest absolute Gasteiger partial charge is 0.338 e. The van der Waals surface area contributed by atoms with Crippen molar-refractivity contribution in [2.24, 2.45) is 0 Å². The summed E-state index contributed by atoms with van der Waals surface area (Å²) in [5.41, 5.74) is 1.37. The molecule has 0 aliphatic carbocycles. The van der Waals surface area contributed by atoms with Gasteiger partial charge in [0.15, 0.2) is 0 Å². The molecule has 0 bridgehead atoms. The van der Waals surface area contributed by atoms with E-state index in [1.807, 2.05) is 13.0 Å². The van der Waals surface area contributed by atoms with Crippen LogP contribution >= 0.6 is 0 Å². The molecule has 2 aromatic carbocycles. The van der Waals surface area contributed by atoms with Crippen molar-refractivity contribution in [3.05, 3.63) is 65.2 Å². The number of benzene rings is 2. The van der Waals surface area contributed by atoms with Crippen LogP contribution in [0.2, 0.25) is 0 Å². The van der Waals surface area contributed by atoms with Crippen LogP contribution in [0.5, 0.6) is 5.75 Å². The summed E-state index contributed by atoms with van der Waals surface area (Å²) in [6.45, 7) is 4.43. The van der Waals surface area contributed by atoms with E-state index in [1.54, 1.807) is 49.4 Å². The summed E-state index contributed by atoms with van der Waals surface area (Å²) in [6.07, 6.45) is 1.49. The van der Waals surface area contributed by atoms with Crippen molar-refractivity contribution in [2.75, 3.05) is 18.5 Å². The third-order valence-corrected chi connectivity index (χ3v) is 3.50. The normalized spacial score (nSPS) is 10.6. The summed E-state index contributed by atoms with van der Waals surface area (Å²) >= 11 is 0. The average molecular weight is 364 g/mol. The highest BCUT2D eigenvalue weighted by molar-refractivity contribution is 6.10. The number of hydrogen-bond donors (Lipinski definition) is 1. The zero-order chi connectivity index (χ0) is 19.6. The van der Waals surface area contributed by atoms with Crippen LogP contribution in [0.3, 0.4) is 0 Å². The first-order chi connectivity index (χ1) is 13.1. The number of anilines is 1. The molecule has 0 unspecified atom stereocenters. The first-order valence-corrected chi connectivity index (χ1v) is 8.50. The maximum atomic E-state index is 12.4. The first kappa shape index (κ1) is 19.7. The summed E-state index contributed by atoms with van der Waals surface area (Å²) in [6, 6.07) is 15.3. The molecule has 6 nitrogen and oxygen atoms in total. The van der Waals surface area contributed by atoms with E-state index in [4.69, 9.17) is 9.47 Å². The first-order valence-electron chi connectivity index (χ1n) is 8.50. The van der Waals surface area contributed by atoms with Crippen LogP contribution in [0.15, 0.2) is 54.1 Å².